The summed E-state index contributed by atoms with van der Waals surface area (Å²) in [5, 5.41) is 3.01. The summed E-state index contributed by atoms with van der Waals surface area (Å²) in [4.78, 5) is 24.7. The number of fused-ring (bicyclic) bond motifs is 1. The molecular formula is C24H20Cl2N2O7S. The van der Waals surface area contributed by atoms with E-state index in [1.54, 1.807) is 6.92 Å². The zero-order valence-electron chi connectivity index (χ0n) is 19.1. The Kier molecular flexibility index (Phi) is 7.30. The number of carbonyl (C=O) groups is 2. The van der Waals surface area contributed by atoms with Gasteiger partial charge in [0.15, 0.2) is 6.73 Å². The number of benzene rings is 3. The molecule has 0 saturated heterocycles. The number of anilines is 2. The first-order chi connectivity index (χ1) is 17.1. The molecule has 0 spiro atoms. The molecule has 0 bridgehead atoms. The number of hydrogen-bond donors (Lipinski definition) is 1. The second-order valence-electron chi connectivity index (χ2n) is 7.47. The molecule has 12 heteroatoms. The maximum atomic E-state index is 13.4. The largest absolute Gasteiger partial charge is 0.495 e. The summed E-state index contributed by atoms with van der Waals surface area (Å²) in [6.45, 7) is 1.59. The van der Waals surface area contributed by atoms with Gasteiger partial charge in [-0.3, -0.25) is 4.79 Å². The zero-order chi connectivity index (χ0) is 26.0. The van der Waals surface area contributed by atoms with Gasteiger partial charge in [-0.05, 0) is 61.5 Å². The van der Waals surface area contributed by atoms with Crippen LogP contribution >= 0.6 is 23.2 Å². The lowest BCUT2D eigenvalue weighted by Crippen LogP contribution is -2.30. The smallest absolute Gasteiger partial charge is 0.339 e. The highest BCUT2D eigenvalue weighted by molar-refractivity contribution is 7.93. The summed E-state index contributed by atoms with van der Waals surface area (Å²) in [6, 6.07) is 13.0. The van der Waals surface area contributed by atoms with Gasteiger partial charge < -0.3 is 19.5 Å². The van der Waals surface area contributed by atoms with Gasteiger partial charge in [-0.1, -0.05) is 23.2 Å². The second kappa shape index (κ2) is 10.3. The van der Waals surface area contributed by atoms with Gasteiger partial charge in [-0.25, -0.2) is 17.5 Å². The Morgan fingerprint density at radius 2 is 1.86 bits per heavy atom. The van der Waals surface area contributed by atoms with E-state index in [1.807, 2.05) is 0 Å². The molecule has 0 aliphatic carbocycles. The van der Waals surface area contributed by atoms with Gasteiger partial charge in [-0.15, -0.1) is 0 Å². The summed E-state index contributed by atoms with van der Waals surface area (Å²) >= 11 is 12.2. The fourth-order valence-electron chi connectivity index (χ4n) is 3.51. The van der Waals surface area contributed by atoms with E-state index in [2.05, 4.69) is 5.32 Å². The number of ether oxygens (including phenoxy) is 3. The summed E-state index contributed by atoms with van der Waals surface area (Å²) in [6.07, 6.45) is 0. The monoisotopic (exact) mass is 550 g/mol. The molecule has 9 nitrogen and oxygen atoms in total. The van der Waals surface area contributed by atoms with Gasteiger partial charge in [0.25, 0.3) is 15.9 Å². The van der Waals surface area contributed by atoms with Crippen LogP contribution < -0.4 is 19.1 Å². The predicted octanol–water partition coefficient (Wildman–Crippen LogP) is 4.98. The van der Waals surface area contributed by atoms with Crippen LogP contribution in [0.4, 0.5) is 11.4 Å². The maximum absolute atomic E-state index is 13.4. The number of rotatable bonds is 7. The average molecular weight is 551 g/mol. The lowest BCUT2D eigenvalue weighted by molar-refractivity contribution is 0.0526. The lowest BCUT2D eigenvalue weighted by Gasteiger charge is -2.19. The molecular weight excluding hydrogens is 531 g/mol. The van der Waals surface area contributed by atoms with Crippen molar-refractivity contribution in [3.05, 3.63) is 75.8 Å². The molecule has 1 heterocycles. The molecule has 0 radical (unpaired) electrons. The van der Waals surface area contributed by atoms with Crippen LogP contribution in [0.5, 0.6) is 11.5 Å². The quantitative estimate of drug-likeness (QED) is 0.413. The van der Waals surface area contributed by atoms with Crippen LogP contribution in [0, 0.1) is 0 Å². The molecule has 3 aromatic carbocycles. The molecule has 36 heavy (non-hydrogen) atoms. The van der Waals surface area contributed by atoms with Crippen molar-refractivity contribution < 1.29 is 32.2 Å². The topological polar surface area (TPSA) is 111 Å². The highest BCUT2D eigenvalue weighted by Gasteiger charge is 2.35. The van der Waals surface area contributed by atoms with Gasteiger partial charge in [0.1, 0.15) is 16.4 Å². The first-order valence-electron chi connectivity index (χ1n) is 10.6. The molecule has 188 valence electrons. The average Bonchev–Trinajstić information content (AvgIpc) is 3.28. The van der Waals surface area contributed by atoms with Crippen molar-refractivity contribution in [1.82, 2.24) is 0 Å². The molecule has 0 aromatic heterocycles. The molecule has 1 N–H and O–H groups in total. The van der Waals surface area contributed by atoms with Crippen molar-refractivity contribution in [2.24, 2.45) is 0 Å². The van der Waals surface area contributed by atoms with Gasteiger partial charge in [-0.2, -0.15) is 0 Å². The van der Waals surface area contributed by atoms with Gasteiger partial charge in [0.05, 0.1) is 30.0 Å². The predicted molar refractivity (Wildman–Crippen MR) is 135 cm³/mol. The van der Waals surface area contributed by atoms with Gasteiger partial charge in [0, 0.05) is 16.3 Å². The van der Waals surface area contributed by atoms with Crippen molar-refractivity contribution in [1.29, 1.82) is 0 Å². The van der Waals surface area contributed by atoms with Crippen molar-refractivity contribution in [3.8, 4) is 11.5 Å². The number of halogens is 2. The Morgan fingerprint density at radius 3 is 2.56 bits per heavy atom. The first kappa shape index (κ1) is 25.6. The Morgan fingerprint density at radius 1 is 1.08 bits per heavy atom. The number of esters is 1. The van der Waals surface area contributed by atoms with Gasteiger partial charge >= 0.3 is 5.97 Å². The number of carbonyl (C=O) groups excluding carboxylic acids is 2. The highest BCUT2D eigenvalue weighted by Crippen LogP contribution is 2.40. The molecule has 4 rings (SSSR count). The fraction of sp³-hybridized carbons (Fsp3) is 0.167. The number of methoxy groups -OCH3 is 1. The molecule has 1 aliphatic heterocycles. The van der Waals surface area contributed by atoms with Crippen LogP contribution in [0.15, 0.2) is 59.5 Å². The lowest BCUT2D eigenvalue weighted by atomic mass is 10.1. The van der Waals surface area contributed by atoms with E-state index in [-0.39, 0.29) is 56.6 Å². The summed E-state index contributed by atoms with van der Waals surface area (Å²) < 4.78 is 43.5. The Hall–Kier alpha value is -3.47. The van der Waals surface area contributed by atoms with Crippen LogP contribution in [0.2, 0.25) is 10.0 Å². The summed E-state index contributed by atoms with van der Waals surface area (Å²) in [5.41, 5.74) is 0.856. The van der Waals surface area contributed by atoms with E-state index in [4.69, 9.17) is 37.4 Å². The molecule has 0 unspecified atom stereocenters. The number of amides is 1. The third-order valence-corrected chi connectivity index (χ3v) is 7.55. The molecule has 0 fully saturated rings. The third-order valence-electron chi connectivity index (χ3n) is 5.24. The van der Waals surface area contributed by atoms with Crippen LogP contribution in [0.1, 0.15) is 27.6 Å². The van der Waals surface area contributed by atoms with Crippen LogP contribution in [0.25, 0.3) is 0 Å². The fourth-order valence-corrected chi connectivity index (χ4v) is 5.52. The van der Waals surface area contributed by atoms with E-state index in [1.165, 1.54) is 61.7 Å². The molecule has 1 aliphatic rings. The van der Waals surface area contributed by atoms with E-state index < -0.39 is 21.9 Å². The molecule has 0 atom stereocenters. The van der Waals surface area contributed by atoms with Crippen LogP contribution in [0.3, 0.4) is 0 Å². The van der Waals surface area contributed by atoms with Crippen molar-refractivity contribution in [2.45, 2.75) is 11.8 Å². The maximum Gasteiger partial charge on any atom is 0.339 e. The number of nitrogens with one attached hydrogen (secondary N) is 1. The van der Waals surface area contributed by atoms with Crippen LogP contribution in [-0.2, 0) is 14.8 Å². The first-order valence-corrected chi connectivity index (χ1v) is 12.8. The Bertz CT molecular complexity index is 1460. The van der Waals surface area contributed by atoms with E-state index >= 15 is 0 Å². The van der Waals surface area contributed by atoms with Crippen molar-refractivity contribution in [3.63, 3.8) is 0 Å². The number of hydrogen-bond acceptors (Lipinski definition) is 7. The normalized spacial score (nSPS) is 12.5. The number of sulfonamides is 1. The SMILES string of the molecule is CCOC(=O)c1ccc(NC(=O)c2ccc3c(c2)N(S(=O)(=O)c2cc(Cl)ccc2OC)CO3)cc1Cl. The standard InChI is InChI=1S/C24H20Cl2N2O7S/c1-3-34-24(30)17-7-6-16(12-18(17)26)27-23(29)14-4-8-20-19(10-14)28(13-35-20)36(31,32)22-11-15(25)5-9-21(22)33-2/h4-12H,3,13H2,1-2H3,(H,27,29). The molecule has 1 amide bonds. The highest BCUT2D eigenvalue weighted by atomic mass is 35.5. The van der Waals surface area contributed by atoms with Crippen molar-refractivity contribution >= 4 is 56.5 Å². The molecule has 0 saturated carbocycles. The summed E-state index contributed by atoms with van der Waals surface area (Å²) in [7, 11) is -2.78. The minimum absolute atomic E-state index is 0.112. The zero-order valence-corrected chi connectivity index (χ0v) is 21.4. The minimum atomic E-state index is -4.14. The third kappa shape index (κ3) is 4.92. The van der Waals surface area contributed by atoms with Crippen LogP contribution in [-0.4, -0.2) is 40.7 Å². The van der Waals surface area contributed by atoms with E-state index in [9.17, 15) is 18.0 Å². The Balaban J connectivity index is 1.61. The Labute approximate surface area is 217 Å². The van der Waals surface area contributed by atoms with E-state index in [0.717, 1.165) is 4.31 Å². The van der Waals surface area contributed by atoms with Gasteiger partial charge in [0.2, 0.25) is 0 Å². The van der Waals surface area contributed by atoms with Crippen molar-refractivity contribution in [2.75, 3.05) is 30.1 Å². The number of nitrogens with zero attached hydrogens (tertiary/aromatic N) is 1. The second-order valence-corrected chi connectivity index (χ2v) is 10.1. The minimum Gasteiger partial charge on any atom is -0.495 e. The molecule has 3 aromatic rings. The summed E-state index contributed by atoms with van der Waals surface area (Å²) in [5.74, 6) is -0.693. The van der Waals surface area contributed by atoms with E-state index in [0.29, 0.717) is 5.69 Å².